The Bertz CT molecular complexity index is 617. The Morgan fingerprint density at radius 1 is 0.444 bits per heavy atom. The Balaban J connectivity index is -0.000000174. The van der Waals surface area contributed by atoms with E-state index in [4.69, 9.17) is 74.5 Å². The molecule has 0 aliphatic rings. The summed E-state index contributed by atoms with van der Waals surface area (Å²) in [6.07, 6.45) is 3.81. The molecular formula is C12H20Cl4N4O16. The van der Waals surface area contributed by atoms with E-state index in [9.17, 15) is 0 Å². The first kappa shape index (κ1) is 41.9. The van der Waals surface area contributed by atoms with Gasteiger partial charge in [-0.1, -0.05) is 0 Å². The van der Waals surface area contributed by atoms with Crippen molar-refractivity contribution >= 4 is 0 Å². The molecule has 0 aromatic carbocycles. The number of quaternary nitrogens is 2. The summed E-state index contributed by atoms with van der Waals surface area (Å²) in [6, 6.07) is 12.0. The summed E-state index contributed by atoms with van der Waals surface area (Å²) in [6.45, 7) is 1.67. The second kappa shape index (κ2) is 21.8. The highest BCUT2D eigenvalue weighted by molar-refractivity contribution is 4.94. The first-order valence-corrected chi connectivity index (χ1v) is 12.8. The molecular weight excluding hydrogens is 598 g/mol. The van der Waals surface area contributed by atoms with Crippen LogP contribution >= 0.6 is 0 Å². The van der Waals surface area contributed by atoms with Crippen LogP contribution in [-0.4, -0.2) is 0 Å². The highest BCUT2D eigenvalue weighted by atomic mass is 35.7. The van der Waals surface area contributed by atoms with Gasteiger partial charge < -0.3 is 11.5 Å². The van der Waals surface area contributed by atoms with Crippen LogP contribution in [0.15, 0.2) is 48.8 Å². The Labute approximate surface area is 210 Å². The van der Waals surface area contributed by atoms with E-state index in [1.54, 1.807) is 0 Å². The highest BCUT2D eigenvalue weighted by Crippen LogP contribution is 1.82. The Morgan fingerprint density at radius 3 is 0.722 bits per heavy atom. The molecule has 2 aromatic rings. The largest absolute Gasteiger partial charge is 0.349 e. The van der Waals surface area contributed by atoms with E-state index >= 15 is 0 Å². The van der Waals surface area contributed by atoms with E-state index in [2.05, 4.69) is 21.4 Å². The molecule has 20 nitrogen and oxygen atoms in total. The maximum atomic E-state index is 8.49. The minimum Gasteiger partial charge on any atom is -0.349 e. The van der Waals surface area contributed by atoms with Gasteiger partial charge in [-0.05, 0) is 12.1 Å². The number of halogens is 4. The smallest absolute Gasteiger partial charge is 0.234 e. The Hall–Kier alpha value is -1.26. The second-order valence-corrected chi connectivity index (χ2v) is 7.81. The van der Waals surface area contributed by atoms with Gasteiger partial charge in [0.05, 0.1) is 0 Å². The molecule has 0 aliphatic carbocycles. The van der Waals surface area contributed by atoms with Crippen LogP contribution in [0.2, 0.25) is 0 Å². The third kappa shape index (κ3) is 93.9. The molecule has 212 valence electrons. The molecule has 24 heteroatoms. The second-order valence-electron chi connectivity index (χ2n) is 4.79. The fourth-order valence-electron chi connectivity index (χ4n) is 1.17. The van der Waals surface area contributed by atoms with Gasteiger partial charge in [0, 0.05) is 24.3 Å². The quantitative estimate of drug-likeness (QED) is 0.315. The maximum absolute atomic E-state index is 8.49. The molecule has 0 bridgehead atoms. The molecule has 0 spiro atoms. The van der Waals surface area contributed by atoms with E-state index in [1.807, 2.05) is 48.8 Å². The van der Waals surface area contributed by atoms with Crippen LogP contribution in [0.3, 0.4) is 0 Å². The lowest BCUT2D eigenvalue weighted by molar-refractivity contribution is -2.00. The van der Waals surface area contributed by atoms with Crippen molar-refractivity contribution in [2.24, 2.45) is 0 Å². The number of aromatic nitrogens is 2. The van der Waals surface area contributed by atoms with Crippen LogP contribution < -0.4 is 96.0 Å². The van der Waals surface area contributed by atoms with Gasteiger partial charge in [-0.25, -0.2) is 84.5 Å². The lowest BCUT2D eigenvalue weighted by Crippen LogP contribution is -2.68. The molecule has 2 rings (SSSR count). The molecule has 8 N–H and O–H groups in total. The zero-order valence-electron chi connectivity index (χ0n) is 17.5. The van der Waals surface area contributed by atoms with Crippen molar-refractivity contribution in [2.75, 3.05) is 0 Å². The molecule has 0 amide bonds. The lowest BCUT2D eigenvalue weighted by Gasteiger charge is -2.17. The molecule has 0 radical (unpaired) electrons. The molecule has 0 saturated carbocycles. The number of H-pyrrole nitrogens is 2. The summed E-state index contributed by atoms with van der Waals surface area (Å²) in [5.41, 5.74) is 9.80. The minimum atomic E-state index is -4.94. The van der Waals surface area contributed by atoms with Crippen molar-refractivity contribution in [3.63, 3.8) is 0 Å². The van der Waals surface area contributed by atoms with Gasteiger partial charge in [0.15, 0.2) is 25.5 Å². The summed E-state index contributed by atoms with van der Waals surface area (Å²) in [7, 11) is -19.8. The fourth-order valence-corrected chi connectivity index (χ4v) is 1.17. The molecule has 0 saturated heterocycles. The van der Waals surface area contributed by atoms with Crippen molar-refractivity contribution < 1.29 is 137 Å². The Kier molecular flexibility index (Phi) is 25.3. The molecule has 2 heterocycles. The molecule has 36 heavy (non-hydrogen) atoms. The van der Waals surface area contributed by atoms with Gasteiger partial charge in [-0.2, -0.15) is 0 Å². The standard InChI is InChI=1S/2C6H8N2.4ClHO4/c2*7-5-6-3-1-2-4-8-6;4*2-1(3,4)5/h2*1-4H,5,7H2;4*(H,2,3,4,5). The maximum Gasteiger partial charge on any atom is 0.234 e. The van der Waals surface area contributed by atoms with Gasteiger partial charge in [0.2, 0.25) is 11.4 Å². The van der Waals surface area contributed by atoms with E-state index in [0.29, 0.717) is 0 Å². The molecule has 0 atom stereocenters. The molecule has 2 aromatic heterocycles. The monoisotopic (exact) mass is 616 g/mol. The van der Waals surface area contributed by atoms with Crippen LogP contribution in [0, 0.1) is 41.0 Å². The van der Waals surface area contributed by atoms with Crippen molar-refractivity contribution in [3.05, 3.63) is 60.2 Å². The normalized spacial score (nSPS) is 10.7. The van der Waals surface area contributed by atoms with E-state index in [-0.39, 0.29) is 0 Å². The van der Waals surface area contributed by atoms with Gasteiger partial charge >= 0.3 is 0 Å². The topological polar surface area (TPSA) is 453 Å². The predicted molar refractivity (Wildman–Crippen MR) is 59.2 cm³/mol. The number of rotatable bonds is 2. The number of hydrogen-bond donors (Lipinski definition) is 2. The van der Waals surface area contributed by atoms with Crippen LogP contribution in [0.4, 0.5) is 0 Å². The van der Waals surface area contributed by atoms with Crippen LogP contribution in [0.1, 0.15) is 11.4 Å². The van der Waals surface area contributed by atoms with E-state index in [1.165, 1.54) is 11.4 Å². The zero-order valence-corrected chi connectivity index (χ0v) is 20.5. The first-order chi connectivity index (χ1) is 15.9. The van der Waals surface area contributed by atoms with E-state index in [0.717, 1.165) is 13.1 Å². The SMILES string of the molecule is [NH3+]Cc1cccc[nH+]1.[NH3+]Cc1cccc[nH+]1.[O-][Cl+3]([O-])([O-])[O-].[O-][Cl+3]([O-])([O-])[O-].[O-][Cl+3]([O-])([O-])[O-].[O-][Cl+3]([O-])([O-])[O-]. The van der Waals surface area contributed by atoms with Crippen LogP contribution in [0.5, 0.6) is 0 Å². The van der Waals surface area contributed by atoms with Gasteiger partial charge in [0.1, 0.15) is 0 Å². The third-order valence-corrected chi connectivity index (χ3v) is 2.09. The van der Waals surface area contributed by atoms with Gasteiger partial charge in [-0.3, -0.25) is 0 Å². The van der Waals surface area contributed by atoms with Crippen molar-refractivity contribution in [2.45, 2.75) is 13.1 Å². The summed E-state index contributed by atoms with van der Waals surface area (Å²) >= 11 is 0. The summed E-state index contributed by atoms with van der Waals surface area (Å²) < 4.78 is 136. The Morgan fingerprint density at radius 2 is 0.639 bits per heavy atom. The molecule has 0 unspecified atom stereocenters. The van der Waals surface area contributed by atoms with E-state index < -0.39 is 41.0 Å². The van der Waals surface area contributed by atoms with Crippen molar-refractivity contribution in [3.8, 4) is 0 Å². The highest BCUT2D eigenvalue weighted by Gasteiger charge is 1.93. The molecule has 0 fully saturated rings. The van der Waals surface area contributed by atoms with Crippen LogP contribution in [0.25, 0.3) is 0 Å². The predicted octanol–water partition coefficient (Wildman–Crippen LogP) is -20.5. The number of hydrogen-bond acceptors (Lipinski definition) is 16. The van der Waals surface area contributed by atoms with Gasteiger partial charge in [-0.15, -0.1) is 41.0 Å². The average Bonchev–Trinajstić information content (AvgIpc) is 2.64. The van der Waals surface area contributed by atoms with Crippen molar-refractivity contribution in [1.82, 2.24) is 0 Å². The third-order valence-electron chi connectivity index (χ3n) is 2.09. The fraction of sp³-hybridized carbons (Fsp3) is 0.167. The number of aromatic amines is 2. The summed E-state index contributed by atoms with van der Waals surface area (Å²) in [4.78, 5) is 6.11. The van der Waals surface area contributed by atoms with Gasteiger partial charge in [0.25, 0.3) is 0 Å². The average molecular weight is 618 g/mol. The first-order valence-electron chi connectivity index (χ1n) is 7.83. The summed E-state index contributed by atoms with van der Waals surface area (Å²) in [5, 5.41) is 0. The van der Waals surface area contributed by atoms with Crippen molar-refractivity contribution in [1.29, 1.82) is 0 Å². The lowest BCUT2D eigenvalue weighted by atomic mass is 10.4. The summed E-state index contributed by atoms with van der Waals surface area (Å²) in [5.74, 6) is 0. The minimum absolute atomic E-state index is 0.834. The zero-order chi connectivity index (χ0) is 29.6. The number of pyridine rings is 2. The molecule has 0 aliphatic heterocycles. The number of nitrogens with one attached hydrogen (secondary N) is 2. The van der Waals surface area contributed by atoms with Crippen LogP contribution in [-0.2, 0) is 13.1 Å².